The third-order valence-corrected chi connectivity index (χ3v) is 4.97. The highest BCUT2D eigenvalue weighted by atomic mass is 79.9. The molecule has 1 aliphatic rings. The number of fused-ring (bicyclic) bond motifs is 1. The lowest BCUT2D eigenvalue weighted by Crippen LogP contribution is -2.08. The van der Waals surface area contributed by atoms with Crippen molar-refractivity contribution in [3.63, 3.8) is 0 Å². The van der Waals surface area contributed by atoms with E-state index in [2.05, 4.69) is 20.9 Å². The molecular formula is C15H16BrNO. The number of rotatable bonds is 1. The van der Waals surface area contributed by atoms with Gasteiger partial charge in [-0.25, -0.2) is 0 Å². The lowest BCUT2D eigenvalue weighted by Gasteiger charge is -2.12. The first-order valence-electron chi connectivity index (χ1n) is 6.49. The third kappa shape index (κ3) is 1.91. The molecule has 0 spiro atoms. The Morgan fingerprint density at radius 1 is 1.28 bits per heavy atom. The maximum Gasteiger partial charge on any atom is 0.189 e. The van der Waals surface area contributed by atoms with Gasteiger partial charge in [0.15, 0.2) is 5.43 Å². The summed E-state index contributed by atoms with van der Waals surface area (Å²) in [6.45, 7) is 2.05. The molecule has 0 unspecified atom stereocenters. The number of aryl methyl sites for hydroxylation is 1. The van der Waals surface area contributed by atoms with Crippen LogP contribution in [0.15, 0.2) is 27.5 Å². The van der Waals surface area contributed by atoms with Crippen LogP contribution in [0.2, 0.25) is 0 Å². The van der Waals surface area contributed by atoms with E-state index in [4.69, 9.17) is 0 Å². The molecule has 0 saturated heterocycles. The van der Waals surface area contributed by atoms with Crippen molar-refractivity contribution < 1.29 is 0 Å². The molecule has 1 fully saturated rings. The molecule has 3 heteroatoms. The number of H-pyrrole nitrogens is 1. The number of pyridine rings is 1. The van der Waals surface area contributed by atoms with Crippen LogP contribution in [0, 0.1) is 6.92 Å². The summed E-state index contributed by atoms with van der Waals surface area (Å²) in [5.74, 6) is 0.537. The van der Waals surface area contributed by atoms with Crippen molar-refractivity contribution in [1.29, 1.82) is 0 Å². The predicted molar refractivity (Wildman–Crippen MR) is 78.2 cm³/mol. The van der Waals surface area contributed by atoms with Gasteiger partial charge in [-0.05, 0) is 53.2 Å². The maximum absolute atomic E-state index is 12.2. The molecule has 1 saturated carbocycles. The van der Waals surface area contributed by atoms with Gasteiger partial charge in [-0.2, -0.15) is 0 Å². The van der Waals surface area contributed by atoms with E-state index in [1.165, 1.54) is 25.7 Å². The average molecular weight is 306 g/mol. The first-order valence-corrected chi connectivity index (χ1v) is 7.28. The molecule has 0 aliphatic heterocycles. The van der Waals surface area contributed by atoms with Crippen molar-refractivity contribution in [2.75, 3.05) is 0 Å². The molecule has 3 rings (SSSR count). The predicted octanol–water partition coefficient (Wildman–Crippen LogP) is 4.26. The summed E-state index contributed by atoms with van der Waals surface area (Å²) in [5, 5.41) is 0.772. The van der Waals surface area contributed by atoms with Gasteiger partial charge in [0.25, 0.3) is 0 Å². The summed E-state index contributed by atoms with van der Waals surface area (Å²) in [4.78, 5) is 15.7. The van der Waals surface area contributed by atoms with Gasteiger partial charge in [0.1, 0.15) is 0 Å². The Morgan fingerprint density at radius 3 is 2.72 bits per heavy atom. The highest BCUT2D eigenvalue weighted by Gasteiger charge is 2.19. The summed E-state index contributed by atoms with van der Waals surface area (Å²) in [6, 6.07) is 5.68. The van der Waals surface area contributed by atoms with Gasteiger partial charge < -0.3 is 4.98 Å². The zero-order valence-corrected chi connectivity index (χ0v) is 12.0. The van der Waals surface area contributed by atoms with Crippen molar-refractivity contribution in [2.45, 2.75) is 38.5 Å². The maximum atomic E-state index is 12.2. The smallest absolute Gasteiger partial charge is 0.189 e. The Balaban J connectivity index is 2.24. The lowest BCUT2D eigenvalue weighted by atomic mass is 10.0. The van der Waals surface area contributed by atoms with Gasteiger partial charge in [0, 0.05) is 21.6 Å². The summed E-state index contributed by atoms with van der Waals surface area (Å²) in [6.07, 6.45) is 4.95. The van der Waals surface area contributed by atoms with Gasteiger partial charge in [-0.1, -0.05) is 18.9 Å². The monoisotopic (exact) mass is 305 g/mol. The Hall–Kier alpha value is -1.09. The van der Waals surface area contributed by atoms with Gasteiger partial charge >= 0.3 is 0 Å². The second kappa shape index (κ2) is 4.54. The first kappa shape index (κ1) is 12.0. The fourth-order valence-electron chi connectivity index (χ4n) is 2.86. The van der Waals surface area contributed by atoms with Crippen LogP contribution in [-0.2, 0) is 0 Å². The van der Waals surface area contributed by atoms with E-state index in [0.29, 0.717) is 5.92 Å². The van der Waals surface area contributed by atoms with Crippen LogP contribution in [0.25, 0.3) is 10.9 Å². The SMILES string of the molecule is Cc1ccc2c(=O)cc(C3CCCC3)[nH]c2c1Br. The van der Waals surface area contributed by atoms with E-state index >= 15 is 0 Å². The minimum absolute atomic E-state index is 0.131. The van der Waals surface area contributed by atoms with E-state index in [9.17, 15) is 4.79 Å². The molecular weight excluding hydrogens is 290 g/mol. The molecule has 0 amide bonds. The number of nitrogens with one attached hydrogen (secondary N) is 1. The summed E-state index contributed by atoms with van der Waals surface area (Å²) in [7, 11) is 0. The highest BCUT2D eigenvalue weighted by Crippen LogP contribution is 2.34. The molecule has 94 valence electrons. The van der Waals surface area contributed by atoms with Crippen molar-refractivity contribution >= 4 is 26.8 Å². The molecule has 0 atom stereocenters. The number of hydrogen-bond donors (Lipinski definition) is 1. The van der Waals surface area contributed by atoms with Crippen LogP contribution in [0.3, 0.4) is 0 Å². The summed E-state index contributed by atoms with van der Waals surface area (Å²) < 4.78 is 1.01. The normalized spacial score (nSPS) is 16.6. The third-order valence-electron chi connectivity index (χ3n) is 3.95. The van der Waals surface area contributed by atoms with E-state index < -0.39 is 0 Å². The topological polar surface area (TPSA) is 32.9 Å². The molecule has 1 aliphatic carbocycles. The highest BCUT2D eigenvalue weighted by molar-refractivity contribution is 9.10. The number of halogens is 1. The molecule has 2 nitrogen and oxygen atoms in total. The van der Waals surface area contributed by atoms with Crippen LogP contribution in [0.4, 0.5) is 0 Å². The Morgan fingerprint density at radius 2 is 2.00 bits per heavy atom. The van der Waals surface area contributed by atoms with Gasteiger partial charge in [-0.15, -0.1) is 0 Å². The molecule has 0 radical (unpaired) electrons. The largest absolute Gasteiger partial charge is 0.357 e. The minimum atomic E-state index is 0.131. The van der Waals surface area contributed by atoms with E-state index in [1.54, 1.807) is 6.07 Å². The zero-order chi connectivity index (χ0) is 12.7. The molecule has 2 aromatic rings. The number of aromatic amines is 1. The number of hydrogen-bond acceptors (Lipinski definition) is 1. The summed E-state index contributed by atoms with van der Waals surface area (Å²) in [5.41, 5.74) is 3.34. The Kier molecular flexibility index (Phi) is 3.02. The first-order chi connectivity index (χ1) is 8.66. The van der Waals surface area contributed by atoms with Gasteiger partial charge in [0.05, 0.1) is 5.52 Å². The second-order valence-electron chi connectivity index (χ2n) is 5.19. The van der Waals surface area contributed by atoms with Crippen molar-refractivity contribution in [3.8, 4) is 0 Å². The lowest BCUT2D eigenvalue weighted by molar-refractivity contribution is 0.700. The van der Waals surface area contributed by atoms with Gasteiger partial charge in [-0.3, -0.25) is 4.79 Å². The van der Waals surface area contributed by atoms with Crippen LogP contribution in [0.5, 0.6) is 0 Å². The van der Waals surface area contributed by atoms with Crippen LogP contribution in [-0.4, -0.2) is 4.98 Å². The average Bonchev–Trinajstić information content (AvgIpc) is 2.88. The van der Waals surface area contributed by atoms with E-state index in [0.717, 1.165) is 26.6 Å². The van der Waals surface area contributed by atoms with E-state index in [1.807, 2.05) is 19.1 Å². The fraction of sp³-hybridized carbons (Fsp3) is 0.400. The standard InChI is InChI=1S/C15H16BrNO/c1-9-6-7-11-13(18)8-12(10-4-2-3-5-10)17-15(11)14(9)16/h6-8,10H,2-5H2,1H3,(H,17,18). The number of benzene rings is 1. The van der Waals surface area contributed by atoms with Crippen LogP contribution < -0.4 is 5.43 Å². The number of aromatic nitrogens is 1. The van der Waals surface area contributed by atoms with Crippen molar-refractivity contribution in [3.05, 3.63) is 44.2 Å². The van der Waals surface area contributed by atoms with Crippen LogP contribution in [0.1, 0.15) is 42.9 Å². The van der Waals surface area contributed by atoms with Crippen LogP contribution >= 0.6 is 15.9 Å². The van der Waals surface area contributed by atoms with Gasteiger partial charge in [0.2, 0.25) is 0 Å². The zero-order valence-electron chi connectivity index (χ0n) is 10.4. The van der Waals surface area contributed by atoms with Crippen molar-refractivity contribution in [2.24, 2.45) is 0 Å². The quantitative estimate of drug-likeness (QED) is 0.839. The molecule has 1 aromatic carbocycles. The van der Waals surface area contributed by atoms with Crippen molar-refractivity contribution in [1.82, 2.24) is 4.98 Å². The summed E-state index contributed by atoms with van der Waals surface area (Å²) >= 11 is 3.59. The molecule has 0 bridgehead atoms. The Labute approximate surface area is 115 Å². The second-order valence-corrected chi connectivity index (χ2v) is 5.98. The minimum Gasteiger partial charge on any atom is -0.357 e. The molecule has 1 heterocycles. The molecule has 1 N–H and O–H groups in total. The molecule has 18 heavy (non-hydrogen) atoms. The Bertz CT molecular complexity index is 653. The fourth-order valence-corrected chi connectivity index (χ4v) is 3.31. The molecule has 1 aromatic heterocycles. The van der Waals surface area contributed by atoms with E-state index in [-0.39, 0.29) is 5.43 Å².